The van der Waals surface area contributed by atoms with Gasteiger partial charge in [0.1, 0.15) is 0 Å². The molecule has 0 radical (unpaired) electrons. The molecule has 90 valence electrons. The monoisotopic (exact) mass is 239 g/mol. The Labute approximate surface area is 105 Å². The molecule has 0 aliphatic carbocycles. The van der Waals surface area contributed by atoms with E-state index in [1.54, 1.807) is 6.08 Å². The minimum atomic E-state index is -0.943. The van der Waals surface area contributed by atoms with Gasteiger partial charge in [-0.25, -0.2) is 4.79 Å². The Balaban J connectivity index is 2.06. The maximum Gasteiger partial charge on any atom is 0.328 e. The SMILES string of the molecule is O=C(O)/C=C/c1ccc(Nc2ccccc2)cc1. The fourth-order valence-corrected chi connectivity index (χ4v) is 1.53. The predicted molar refractivity (Wildman–Crippen MR) is 72.8 cm³/mol. The van der Waals surface area contributed by atoms with Crippen molar-refractivity contribution in [3.05, 3.63) is 66.2 Å². The van der Waals surface area contributed by atoms with E-state index in [2.05, 4.69) is 5.32 Å². The number of hydrogen-bond acceptors (Lipinski definition) is 2. The number of anilines is 2. The smallest absolute Gasteiger partial charge is 0.328 e. The highest BCUT2D eigenvalue weighted by atomic mass is 16.4. The largest absolute Gasteiger partial charge is 0.478 e. The minimum Gasteiger partial charge on any atom is -0.478 e. The van der Waals surface area contributed by atoms with Crippen molar-refractivity contribution in [2.24, 2.45) is 0 Å². The van der Waals surface area contributed by atoms with E-state index in [1.807, 2.05) is 54.6 Å². The van der Waals surface area contributed by atoms with Gasteiger partial charge in [0.25, 0.3) is 0 Å². The summed E-state index contributed by atoms with van der Waals surface area (Å²) in [4.78, 5) is 10.4. The molecule has 0 fully saturated rings. The van der Waals surface area contributed by atoms with Crippen LogP contribution in [0.5, 0.6) is 0 Å². The number of carboxylic acids is 1. The molecule has 0 amide bonds. The summed E-state index contributed by atoms with van der Waals surface area (Å²) >= 11 is 0. The summed E-state index contributed by atoms with van der Waals surface area (Å²) in [5.74, 6) is -0.943. The molecule has 2 rings (SSSR count). The molecular formula is C15H13NO2. The highest BCUT2D eigenvalue weighted by Gasteiger charge is 1.94. The van der Waals surface area contributed by atoms with Crippen LogP contribution in [0.25, 0.3) is 6.08 Å². The lowest BCUT2D eigenvalue weighted by Crippen LogP contribution is -1.89. The molecule has 3 heteroatoms. The highest BCUT2D eigenvalue weighted by Crippen LogP contribution is 2.16. The van der Waals surface area contributed by atoms with Crippen LogP contribution in [0, 0.1) is 0 Å². The molecule has 0 bridgehead atoms. The Morgan fingerprint density at radius 1 is 0.944 bits per heavy atom. The molecule has 2 aromatic carbocycles. The third-order valence-corrected chi connectivity index (χ3v) is 2.39. The van der Waals surface area contributed by atoms with Gasteiger partial charge >= 0.3 is 5.97 Å². The second-order valence-electron chi connectivity index (χ2n) is 3.78. The van der Waals surface area contributed by atoms with Crippen LogP contribution in [0.2, 0.25) is 0 Å². The number of para-hydroxylation sites is 1. The first-order valence-electron chi connectivity index (χ1n) is 5.57. The molecule has 0 spiro atoms. The maximum atomic E-state index is 10.4. The fraction of sp³-hybridized carbons (Fsp3) is 0. The molecule has 0 aromatic heterocycles. The fourth-order valence-electron chi connectivity index (χ4n) is 1.53. The second kappa shape index (κ2) is 5.68. The average Bonchev–Trinajstić information content (AvgIpc) is 2.39. The number of hydrogen-bond donors (Lipinski definition) is 2. The maximum absolute atomic E-state index is 10.4. The van der Waals surface area contributed by atoms with Gasteiger partial charge in [0.15, 0.2) is 0 Å². The van der Waals surface area contributed by atoms with Gasteiger partial charge in [0.2, 0.25) is 0 Å². The predicted octanol–water partition coefficient (Wildman–Crippen LogP) is 3.53. The number of carbonyl (C=O) groups is 1. The van der Waals surface area contributed by atoms with Crippen LogP contribution in [0.3, 0.4) is 0 Å². The Morgan fingerprint density at radius 2 is 1.56 bits per heavy atom. The van der Waals surface area contributed by atoms with Crippen LogP contribution in [-0.2, 0) is 4.79 Å². The summed E-state index contributed by atoms with van der Waals surface area (Å²) in [7, 11) is 0. The summed E-state index contributed by atoms with van der Waals surface area (Å²) in [6.07, 6.45) is 2.69. The zero-order chi connectivity index (χ0) is 12.8. The van der Waals surface area contributed by atoms with Gasteiger partial charge in [-0.15, -0.1) is 0 Å². The first-order valence-corrected chi connectivity index (χ1v) is 5.57. The molecule has 3 nitrogen and oxygen atoms in total. The van der Waals surface area contributed by atoms with Gasteiger partial charge in [-0.05, 0) is 35.9 Å². The third-order valence-electron chi connectivity index (χ3n) is 2.39. The summed E-state index contributed by atoms with van der Waals surface area (Å²) in [5.41, 5.74) is 2.84. The average molecular weight is 239 g/mol. The zero-order valence-corrected chi connectivity index (χ0v) is 9.71. The number of carboxylic acid groups (broad SMARTS) is 1. The standard InChI is InChI=1S/C15H13NO2/c17-15(18)11-8-12-6-9-14(10-7-12)16-13-4-2-1-3-5-13/h1-11,16H,(H,17,18)/b11-8+. The van der Waals surface area contributed by atoms with Crippen LogP contribution < -0.4 is 5.32 Å². The molecule has 0 saturated heterocycles. The van der Waals surface area contributed by atoms with E-state index in [9.17, 15) is 4.79 Å². The number of rotatable bonds is 4. The molecular weight excluding hydrogens is 226 g/mol. The van der Waals surface area contributed by atoms with E-state index < -0.39 is 5.97 Å². The lowest BCUT2D eigenvalue weighted by Gasteiger charge is -2.06. The van der Waals surface area contributed by atoms with E-state index in [0.29, 0.717) is 0 Å². The molecule has 0 heterocycles. The van der Waals surface area contributed by atoms with Gasteiger partial charge in [-0.3, -0.25) is 0 Å². The van der Waals surface area contributed by atoms with Crippen LogP contribution in [-0.4, -0.2) is 11.1 Å². The minimum absolute atomic E-state index is 0.857. The van der Waals surface area contributed by atoms with Crippen molar-refractivity contribution in [1.29, 1.82) is 0 Å². The summed E-state index contributed by atoms with van der Waals surface area (Å²) < 4.78 is 0. The Kier molecular flexibility index (Phi) is 3.76. The molecule has 0 saturated carbocycles. The van der Waals surface area contributed by atoms with Crippen molar-refractivity contribution in [1.82, 2.24) is 0 Å². The molecule has 0 aliphatic rings. The summed E-state index contributed by atoms with van der Waals surface area (Å²) in [5, 5.41) is 11.8. The van der Waals surface area contributed by atoms with Gasteiger partial charge in [-0.2, -0.15) is 0 Å². The number of aliphatic carboxylic acids is 1. The van der Waals surface area contributed by atoms with Gasteiger partial charge in [-0.1, -0.05) is 30.3 Å². The molecule has 2 N–H and O–H groups in total. The lowest BCUT2D eigenvalue weighted by molar-refractivity contribution is -0.131. The van der Waals surface area contributed by atoms with Crippen LogP contribution in [0.15, 0.2) is 60.7 Å². The van der Waals surface area contributed by atoms with E-state index in [1.165, 1.54) is 0 Å². The summed E-state index contributed by atoms with van der Waals surface area (Å²) in [6.45, 7) is 0. The molecule has 0 unspecified atom stereocenters. The van der Waals surface area contributed by atoms with E-state index in [-0.39, 0.29) is 0 Å². The Hall–Kier alpha value is -2.55. The Bertz CT molecular complexity index is 544. The van der Waals surface area contributed by atoms with Crippen molar-refractivity contribution >= 4 is 23.4 Å². The van der Waals surface area contributed by atoms with E-state index in [0.717, 1.165) is 23.0 Å². The van der Waals surface area contributed by atoms with Gasteiger partial charge in [0.05, 0.1) is 0 Å². The second-order valence-corrected chi connectivity index (χ2v) is 3.78. The number of benzene rings is 2. The topological polar surface area (TPSA) is 49.3 Å². The first-order chi connectivity index (χ1) is 8.74. The normalized spacial score (nSPS) is 10.4. The Morgan fingerprint density at radius 3 is 2.17 bits per heavy atom. The molecule has 2 aromatic rings. The first kappa shape index (κ1) is 11.9. The third kappa shape index (κ3) is 3.49. The van der Waals surface area contributed by atoms with Crippen molar-refractivity contribution in [3.8, 4) is 0 Å². The van der Waals surface area contributed by atoms with Gasteiger partial charge in [0, 0.05) is 17.5 Å². The molecule has 0 atom stereocenters. The van der Waals surface area contributed by atoms with Crippen molar-refractivity contribution < 1.29 is 9.90 Å². The highest BCUT2D eigenvalue weighted by molar-refractivity contribution is 5.85. The zero-order valence-electron chi connectivity index (χ0n) is 9.71. The van der Waals surface area contributed by atoms with Crippen molar-refractivity contribution in [2.75, 3.05) is 5.32 Å². The molecule has 18 heavy (non-hydrogen) atoms. The lowest BCUT2D eigenvalue weighted by atomic mass is 10.2. The van der Waals surface area contributed by atoms with Crippen LogP contribution >= 0.6 is 0 Å². The van der Waals surface area contributed by atoms with Crippen LogP contribution in [0.4, 0.5) is 11.4 Å². The van der Waals surface area contributed by atoms with Gasteiger partial charge < -0.3 is 10.4 Å². The van der Waals surface area contributed by atoms with Crippen molar-refractivity contribution in [3.63, 3.8) is 0 Å². The van der Waals surface area contributed by atoms with Crippen LogP contribution in [0.1, 0.15) is 5.56 Å². The quantitative estimate of drug-likeness (QED) is 0.802. The summed E-state index contributed by atoms with van der Waals surface area (Å²) in [6, 6.07) is 17.4. The molecule has 0 aliphatic heterocycles. The van der Waals surface area contributed by atoms with E-state index in [4.69, 9.17) is 5.11 Å². The number of nitrogens with one attached hydrogen (secondary N) is 1. The van der Waals surface area contributed by atoms with Crippen molar-refractivity contribution in [2.45, 2.75) is 0 Å². The van der Waals surface area contributed by atoms with E-state index >= 15 is 0 Å².